The number of aldehydes is 1. The van der Waals surface area contributed by atoms with Gasteiger partial charge in [-0.2, -0.15) is 0 Å². The standard InChI is InChI=1S/C23H25N3O3/c27-16-17-6-8-20(9-7-17)25-13-10-19(11-14-25)23(29)26-15-12-24-22(28)21(26)18-4-2-1-3-5-18/h1-9,16,19,21H,10-15H2,(H,24,28)/t21-/m0/s1. The van der Waals surface area contributed by atoms with Gasteiger partial charge < -0.3 is 15.1 Å². The van der Waals surface area contributed by atoms with Gasteiger partial charge in [-0.25, -0.2) is 0 Å². The van der Waals surface area contributed by atoms with Crippen LogP contribution in [-0.2, 0) is 9.59 Å². The van der Waals surface area contributed by atoms with Gasteiger partial charge in [0.2, 0.25) is 11.8 Å². The van der Waals surface area contributed by atoms with E-state index in [-0.39, 0.29) is 17.7 Å². The molecule has 2 aliphatic rings. The first-order valence-electron chi connectivity index (χ1n) is 10.1. The highest BCUT2D eigenvalue weighted by atomic mass is 16.2. The first-order chi connectivity index (χ1) is 14.2. The van der Waals surface area contributed by atoms with Gasteiger partial charge in [0.05, 0.1) is 0 Å². The van der Waals surface area contributed by atoms with Gasteiger partial charge >= 0.3 is 0 Å². The van der Waals surface area contributed by atoms with Crippen molar-refractivity contribution in [1.29, 1.82) is 0 Å². The Kier molecular flexibility index (Phi) is 5.60. The number of hydrogen-bond acceptors (Lipinski definition) is 4. The van der Waals surface area contributed by atoms with Crippen molar-refractivity contribution < 1.29 is 14.4 Å². The third kappa shape index (κ3) is 4.01. The van der Waals surface area contributed by atoms with E-state index in [0.717, 1.165) is 43.5 Å². The van der Waals surface area contributed by atoms with E-state index in [1.54, 1.807) is 4.90 Å². The highest BCUT2D eigenvalue weighted by Gasteiger charge is 2.38. The fraction of sp³-hybridized carbons (Fsp3) is 0.348. The number of rotatable bonds is 4. The van der Waals surface area contributed by atoms with Crippen LogP contribution >= 0.6 is 0 Å². The fourth-order valence-electron chi connectivity index (χ4n) is 4.25. The molecule has 0 bridgehead atoms. The SMILES string of the molecule is O=Cc1ccc(N2CCC(C(=O)N3CCNC(=O)[C@@H]3c3ccccc3)CC2)cc1. The van der Waals surface area contributed by atoms with Crippen molar-refractivity contribution in [2.24, 2.45) is 5.92 Å². The average Bonchev–Trinajstić information content (AvgIpc) is 2.79. The highest BCUT2D eigenvalue weighted by molar-refractivity contribution is 5.90. The summed E-state index contributed by atoms with van der Waals surface area (Å²) in [4.78, 5) is 40.7. The molecule has 2 heterocycles. The summed E-state index contributed by atoms with van der Waals surface area (Å²) in [5, 5.41) is 2.89. The Bertz CT molecular complexity index is 874. The molecule has 0 spiro atoms. The van der Waals surface area contributed by atoms with E-state index in [1.165, 1.54) is 0 Å². The molecule has 0 unspecified atom stereocenters. The average molecular weight is 391 g/mol. The van der Waals surface area contributed by atoms with Crippen LogP contribution in [0.2, 0.25) is 0 Å². The maximum Gasteiger partial charge on any atom is 0.247 e. The van der Waals surface area contributed by atoms with E-state index in [1.807, 2.05) is 54.6 Å². The van der Waals surface area contributed by atoms with Gasteiger partial charge in [0, 0.05) is 43.3 Å². The molecule has 2 saturated heterocycles. The second-order valence-electron chi connectivity index (χ2n) is 7.61. The Morgan fingerprint density at radius 2 is 1.66 bits per heavy atom. The minimum atomic E-state index is -0.550. The molecule has 4 rings (SSSR count). The third-order valence-corrected chi connectivity index (χ3v) is 5.85. The molecule has 2 amide bonds. The van der Waals surface area contributed by atoms with Crippen molar-refractivity contribution in [1.82, 2.24) is 10.2 Å². The number of carbonyl (C=O) groups excluding carboxylic acids is 3. The molecule has 2 aromatic rings. The minimum absolute atomic E-state index is 0.0717. The van der Waals surface area contributed by atoms with Crippen molar-refractivity contribution in [3.8, 4) is 0 Å². The molecule has 1 atom stereocenters. The number of benzene rings is 2. The Hall–Kier alpha value is -3.15. The zero-order valence-electron chi connectivity index (χ0n) is 16.3. The predicted octanol–water partition coefficient (Wildman–Crippen LogP) is 2.42. The lowest BCUT2D eigenvalue weighted by Crippen LogP contribution is -2.54. The molecule has 2 aliphatic heterocycles. The van der Waals surface area contributed by atoms with Crippen molar-refractivity contribution in [3.05, 3.63) is 65.7 Å². The topological polar surface area (TPSA) is 69.7 Å². The summed E-state index contributed by atoms with van der Waals surface area (Å²) in [5.74, 6) is -0.106. The summed E-state index contributed by atoms with van der Waals surface area (Å²) >= 11 is 0. The summed E-state index contributed by atoms with van der Waals surface area (Å²) in [7, 11) is 0. The molecule has 1 N–H and O–H groups in total. The van der Waals surface area contributed by atoms with E-state index in [0.29, 0.717) is 18.7 Å². The van der Waals surface area contributed by atoms with Crippen molar-refractivity contribution >= 4 is 23.8 Å². The lowest BCUT2D eigenvalue weighted by molar-refractivity contribution is -0.147. The molecular weight excluding hydrogens is 366 g/mol. The maximum absolute atomic E-state index is 13.3. The monoisotopic (exact) mass is 391 g/mol. The highest BCUT2D eigenvalue weighted by Crippen LogP contribution is 2.29. The van der Waals surface area contributed by atoms with Crippen LogP contribution in [-0.4, -0.2) is 49.2 Å². The molecule has 6 heteroatoms. The van der Waals surface area contributed by atoms with Crippen LogP contribution in [0.4, 0.5) is 5.69 Å². The van der Waals surface area contributed by atoms with Gasteiger partial charge in [0.15, 0.2) is 0 Å². The second-order valence-corrected chi connectivity index (χ2v) is 7.61. The number of anilines is 1. The number of hydrogen-bond donors (Lipinski definition) is 1. The number of amides is 2. The maximum atomic E-state index is 13.3. The largest absolute Gasteiger partial charge is 0.371 e. The van der Waals surface area contributed by atoms with Crippen LogP contribution in [0.15, 0.2) is 54.6 Å². The summed E-state index contributed by atoms with van der Waals surface area (Å²) in [6.07, 6.45) is 2.36. The molecule has 2 fully saturated rings. The molecule has 2 aromatic carbocycles. The first-order valence-corrected chi connectivity index (χ1v) is 10.1. The number of carbonyl (C=O) groups is 3. The van der Waals surface area contributed by atoms with Gasteiger partial charge in [-0.3, -0.25) is 14.4 Å². The van der Waals surface area contributed by atoms with Gasteiger partial charge in [0.1, 0.15) is 12.3 Å². The molecule has 0 saturated carbocycles. The van der Waals surface area contributed by atoms with Gasteiger partial charge in [0.25, 0.3) is 0 Å². The van der Waals surface area contributed by atoms with E-state index >= 15 is 0 Å². The van der Waals surface area contributed by atoms with E-state index in [9.17, 15) is 14.4 Å². The summed E-state index contributed by atoms with van der Waals surface area (Å²) in [6.45, 7) is 2.60. The Labute approximate surface area is 170 Å². The summed E-state index contributed by atoms with van der Waals surface area (Å²) in [5.41, 5.74) is 2.58. The van der Waals surface area contributed by atoms with Crippen molar-refractivity contribution in [2.45, 2.75) is 18.9 Å². The quantitative estimate of drug-likeness (QED) is 0.813. The first kappa shape index (κ1) is 19.2. The van der Waals surface area contributed by atoms with E-state index in [4.69, 9.17) is 0 Å². The summed E-state index contributed by atoms with van der Waals surface area (Å²) in [6, 6.07) is 16.5. The van der Waals surface area contributed by atoms with Crippen molar-refractivity contribution in [2.75, 3.05) is 31.1 Å². The molecule has 29 heavy (non-hydrogen) atoms. The van der Waals surface area contributed by atoms with E-state index < -0.39 is 6.04 Å². The van der Waals surface area contributed by atoms with Crippen LogP contribution in [0.5, 0.6) is 0 Å². The smallest absolute Gasteiger partial charge is 0.247 e. The molecule has 150 valence electrons. The minimum Gasteiger partial charge on any atom is -0.371 e. The number of piperidine rings is 1. The zero-order valence-corrected chi connectivity index (χ0v) is 16.3. The predicted molar refractivity (Wildman–Crippen MR) is 111 cm³/mol. The van der Waals surface area contributed by atoms with Gasteiger partial charge in [-0.15, -0.1) is 0 Å². The van der Waals surface area contributed by atoms with E-state index in [2.05, 4.69) is 10.2 Å². The number of nitrogens with one attached hydrogen (secondary N) is 1. The third-order valence-electron chi connectivity index (χ3n) is 5.85. The lowest BCUT2D eigenvalue weighted by Gasteiger charge is -2.40. The number of piperazine rings is 1. The molecule has 0 aliphatic carbocycles. The Balaban J connectivity index is 1.44. The van der Waals surface area contributed by atoms with Crippen LogP contribution < -0.4 is 10.2 Å². The molecular formula is C23H25N3O3. The fourth-order valence-corrected chi connectivity index (χ4v) is 4.25. The van der Waals surface area contributed by atoms with Crippen LogP contribution in [0, 0.1) is 5.92 Å². The normalized spacial score (nSPS) is 20.3. The van der Waals surface area contributed by atoms with Crippen LogP contribution in [0.3, 0.4) is 0 Å². The molecule has 0 radical (unpaired) electrons. The Morgan fingerprint density at radius 1 is 0.966 bits per heavy atom. The molecule has 6 nitrogen and oxygen atoms in total. The summed E-state index contributed by atoms with van der Waals surface area (Å²) < 4.78 is 0. The van der Waals surface area contributed by atoms with Gasteiger partial charge in [-0.05, 0) is 42.7 Å². The van der Waals surface area contributed by atoms with Crippen molar-refractivity contribution in [3.63, 3.8) is 0 Å². The van der Waals surface area contributed by atoms with Gasteiger partial charge in [-0.1, -0.05) is 30.3 Å². The molecule has 0 aromatic heterocycles. The van der Waals surface area contributed by atoms with Crippen LogP contribution in [0.1, 0.15) is 34.8 Å². The Morgan fingerprint density at radius 3 is 2.31 bits per heavy atom. The second kappa shape index (κ2) is 8.47. The lowest BCUT2D eigenvalue weighted by atomic mass is 9.92. The zero-order chi connectivity index (χ0) is 20.2. The number of nitrogens with zero attached hydrogens (tertiary/aromatic N) is 2. The van der Waals surface area contributed by atoms with Crippen LogP contribution in [0.25, 0.3) is 0 Å².